The molecular weight excluding hydrogens is 362 g/mol. The molecule has 160 valence electrons. The van der Waals surface area contributed by atoms with Gasteiger partial charge in [-0.25, -0.2) is 0 Å². The van der Waals surface area contributed by atoms with Crippen molar-refractivity contribution < 1.29 is 4.79 Å². The van der Waals surface area contributed by atoms with Crippen molar-refractivity contribution in [3.8, 4) is 0 Å². The number of piperazine rings is 1. The van der Waals surface area contributed by atoms with Crippen LogP contribution >= 0.6 is 0 Å². The number of hydrogen-bond acceptors (Lipinski definition) is 3. The predicted molar refractivity (Wildman–Crippen MR) is 119 cm³/mol. The number of carbonyl (C=O) groups is 1. The molecule has 1 aromatic rings. The summed E-state index contributed by atoms with van der Waals surface area (Å²) in [7, 11) is 0. The summed E-state index contributed by atoms with van der Waals surface area (Å²) in [6, 6.07) is 9.25. The van der Waals surface area contributed by atoms with Crippen LogP contribution in [0.1, 0.15) is 38.8 Å². The van der Waals surface area contributed by atoms with Crippen molar-refractivity contribution in [2.45, 2.75) is 46.7 Å². The fourth-order valence-electron chi connectivity index (χ4n) is 4.39. The normalized spacial score (nSPS) is 19.3. The molecule has 1 atom stereocenters. The Hall–Kier alpha value is -2.08. The standard InChI is InChI=1S/C23H37N5O/c1-5-24-23(27-14-12-26(13-15-27)19(4)29)25-16-22(18(2)3)28-11-10-20-8-6-7-9-21(20)17-28/h6-9,18,22H,5,10-17H2,1-4H3,(H,24,25). The van der Waals surface area contributed by atoms with Crippen LogP contribution in [0.2, 0.25) is 0 Å². The van der Waals surface area contributed by atoms with Gasteiger partial charge in [-0.1, -0.05) is 38.1 Å². The number of rotatable bonds is 5. The number of guanidine groups is 1. The van der Waals surface area contributed by atoms with Crippen LogP contribution in [0.4, 0.5) is 0 Å². The van der Waals surface area contributed by atoms with E-state index in [2.05, 4.69) is 60.2 Å². The zero-order valence-corrected chi connectivity index (χ0v) is 18.5. The molecule has 0 spiro atoms. The highest BCUT2D eigenvalue weighted by atomic mass is 16.2. The molecule has 3 rings (SSSR count). The van der Waals surface area contributed by atoms with Crippen molar-refractivity contribution in [3.05, 3.63) is 35.4 Å². The molecule has 1 amide bonds. The van der Waals surface area contributed by atoms with Crippen molar-refractivity contribution in [1.29, 1.82) is 0 Å². The third kappa shape index (κ3) is 5.50. The highest BCUT2D eigenvalue weighted by Crippen LogP contribution is 2.23. The molecule has 2 heterocycles. The van der Waals surface area contributed by atoms with Crippen molar-refractivity contribution in [1.82, 2.24) is 20.0 Å². The summed E-state index contributed by atoms with van der Waals surface area (Å²) in [4.78, 5) is 23.5. The van der Waals surface area contributed by atoms with E-state index in [1.165, 1.54) is 11.1 Å². The van der Waals surface area contributed by atoms with Gasteiger partial charge in [0.1, 0.15) is 0 Å². The van der Waals surface area contributed by atoms with E-state index >= 15 is 0 Å². The molecule has 2 aliphatic rings. The van der Waals surface area contributed by atoms with Gasteiger partial charge in [0, 0.05) is 58.8 Å². The molecule has 1 saturated heterocycles. The molecule has 0 aliphatic carbocycles. The van der Waals surface area contributed by atoms with E-state index in [0.29, 0.717) is 12.0 Å². The lowest BCUT2D eigenvalue weighted by molar-refractivity contribution is -0.130. The Morgan fingerprint density at radius 3 is 2.34 bits per heavy atom. The van der Waals surface area contributed by atoms with Gasteiger partial charge in [0.25, 0.3) is 0 Å². The van der Waals surface area contributed by atoms with Gasteiger partial charge in [0.2, 0.25) is 5.91 Å². The maximum absolute atomic E-state index is 11.6. The number of amides is 1. The number of benzene rings is 1. The minimum Gasteiger partial charge on any atom is -0.357 e. The molecule has 1 fully saturated rings. The summed E-state index contributed by atoms with van der Waals surface area (Å²) < 4.78 is 0. The Labute approximate surface area is 176 Å². The fraction of sp³-hybridized carbons (Fsp3) is 0.652. The van der Waals surface area contributed by atoms with Gasteiger partial charge in [-0.2, -0.15) is 0 Å². The molecule has 6 nitrogen and oxygen atoms in total. The topological polar surface area (TPSA) is 51.2 Å². The molecule has 2 aliphatic heterocycles. The van der Waals surface area contributed by atoms with Crippen LogP contribution in [0.5, 0.6) is 0 Å². The smallest absolute Gasteiger partial charge is 0.219 e. The van der Waals surface area contributed by atoms with Crippen LogP contribution in [0, 0.1) is 5.92 Å². The highest BCUT2D eigenvalue weighted by molar-refractivity contribution is 5.80. The Balaban J connectivity index is 1.67. The number of nitrogens with zero attached hydrogens (tertiary/aromatic N) is 4. The van der Waals surface area contributed by atoms with Crippen molar-refractivity contribution in [2.24, 2.45) is 10.9 Å². The first-order chi connectivity index (χ1) is 14.0. The van der Waals surface area contributed by atoms with E-state index in [-0.39, 0.29) is 5.91 Å². The second-order valence-electron chi connectivity index (χ2n) is 8.49. The van der Waals surface area contributed by atoms with Crippen molar-refractivity contribution in [2.75, 3.05) is 45.8 Å². The van der Waals surface area contributed by atoms with Crippen molar-refractivity contribution in [3.63, 3.8) is 0 Å². The highest BCUT2D eigenvalue weighted by Gasteiger charge is 2.26. The van der Waals surface area contributed by atoms with Crippen LogP contribution in [0.15, 0.2) is 29.3 Å². The zero-order valence-electron chi connectivity index (χ0n) is 18.5. The predicted octanol–water partition coefficient (Wildman–Crippen LogP) is 2.20. The second kappa shape index (κ2) is 10.1. The third-order valence-electron chi connectivity index (χ3n) is 6.19. The van der Waals surface area contributed by atoms with Crippen molar-refractivity contribution >= 4 is 11.9 Å². The van der Waals surface area contributed by atoms with E-state index in [1.807, 2.05) is 4.90 Å². The lowest BCUT2D eigenvalue weighted by Crippen LogP contribution is -2.53. The van der Waals surface area contributed by atoms with Gasteiger partial charge in [0.15, 0.2) is 5.96 Å². The Morgan fingerprint density at radius 1 is 1.07 bits per heavy atom. The van der Waals surface area contributed by atoms with Gasteiger partial charge in [0.05, 0.1) is 6.54 Å². The summed E-state index contributed by atoms with van der Waals surface area (Å²) in [5.41, 5.74) is 2.95. The molecule has 0 aromatic heterocycles. The van der Waals surface area contributed by atoms with Gasteiger partial charge < -0.3 is 15.1 Å². The number of hydrogen-bond donors (Lipinski definition) is 1. The number of nitrogens with one attached hydrogen (secondary N) is 1. The van der Waals surface area contributed by atoms with E-state index in [9.17, 15) is 4.79 Å². The Kier molecular flexibility index (Phi) is 7.53. The Morgan fingerprint density at radius 2 is 1.72 bits per heavy atom. The average Bonchev–Trinajstić information content (AvgIpc) is 2.73. The van der Waals surface area contributed by atoms with Crippen LogP contribution in [0.25, 0.3) is 0 Å². The number of aliphatic imine (C=N–C) groups is 1. The van der Waals surface area contributed by atoms with Gasteiger partial charge >= 0.3 is 0 Å². The molecule has 0 bridgehead atoms. The van der Waals surface area contributed by atoms with E-state index in [4.69, 9.17) is 4.99 Å². The van der Waals surface area contributed by atoms with Crippen LogP contribution in [-0.2, 0) is 17.8 Å². The van der Waals surface area contributed by atoms with E-state index in [1.54, 1.807) is 6.92 Å². The first kappa shape index (κ1) is 21.6. The minimum absolute atomic E-state index is 0.164. The van der Waals surface area contributed by atoms with E-state index in [0.717, 1.165) is 64.7 Å². The summed E-state index contributed by atoms with van der Waals surface area (Å²) in [6.45, 7) is 15.4. The third-order valence-corrected chi connectivity index (χ3v) is 6.19. The number of carbonyl (C=O) groups excluding carboxylic acids is 1. The van der Waals surface area contributed by atoms with Crippen LogP contribution in [-0.4, -0.2) is 78.4 Å². The average molecular weight is 400 g/mol. The largest absolute Gasteiger partial charge is 0.357 e. The first-order valence-electron chi connectivity index (χ1n) is 11.1. The molecule has 0 radical (unpaired) electrons. The second-order valence-corrected chi connectivity index (χ2v) is 8.49. The van der Waals surface area contributed by atoms with Gasteiger partial charge in [-0.15, -0.1) is 0 Å². The van der Waals surface area contributed by atoms with E-state index < -0.39 is 0 Å². The monoisotopic (exact) mass is 399 g/mol. The molecule has 1 unspecified atom stereocenters. The molecule has 6 heteroatoms. The quantitative estimate of drug-likeness (QED) is 0.609. The molecule has 1 aromatic carbocycles. The maximum atomic E-state index is 11.6. The van der Waals surface area contributed by atoms with Gasteiger partial charge in [-0.05, 0) is 30.4 Å². The summed E-state index contributed by atoms with van der Waals surface area (Å²) >= 11 is 0. The Bertz CT molecular complexity index is 709. The lowest BCUT2D eigenvalue weighted by Gasteiger charge is -2.38. The molecule has 0 saturated carbocycles. The van der Waals surface area contributed by atoms with Crippen LogP contribution < -0.4 is 5.32 Å². The first-order valence-corrected chi connectivity index (χ1v) is 11.1. The lowest BCUT2D eigenvalue weighted by atomic mass is 9.95. The van der Waals surface area contributed by atoms with Gasteiger partial charge in [-0.3, -0.25) is 14.7 Å². The SMILES string of the molecule is CCNC(=NCC(C(C)C)N1CCc2ccccc2C1)N1CCN(C(C)=O)CC1. The maximum Gasteiger partial charge on any atom is 0.219 e. The molecule has 29 heavy (non-hydrogen) atoms. The minimum atomic E-state index is 0.164. The molecule has 1 N–H and O–H groups in total. The number of fused-ring (bicyclic) bond motifs is 1. The summed E-state index contributed by atoms with van der Waals surface area (Å²) in [5, 5.41) is 3.46. The van der Waals surface area contributed by atoms with Crippen LogP contribution in [0.3, 0.4) is 0 Å². The molecular formula is C23H37N5O. The summed E-state index contributed by atoms with van der Waals surface area (Å²) in [5.74, 6) is 1.69. The fourth-order valence-corrected chi connectivity index (χ4v) is 4.39. The summed E-state index contributed by atoms with van der Waals surface area (Å²) in [6.07, 6.45) is 1.12. The zero-order chi connectivity index (χ0) is 20.8.